The zero-order valence-electron chi connectivity index (χ0n) is 12.9. The van der Waals surface area contributed by atoms with Gasteiger partial charge in [-0.05, 0) is 45.6 Å². The van der Waals surface area contributed by atoms with Gasteiger partial charge in [0.25, 0.3) is 0 Å². The molecule has 1 aliphatic carbocycles. The van der Waals surface area contributed by atoms with E-state index >= 15 is 0 Å². The minimum Gasteiger partial charge on any atom is -0.379 e. The molecule has 0 saturated heterocycles. The molecule has 0 aromatic heterocycles. The van der Waals surface area contributed by atoms with Crippen molar-refractivity contribution >= 4 is 0 Å². The average molecular weight is 255 g/mol. The van der Waals surface area contributed by atoms with Crippen molar-refractivity contribution in [1.82, 2.24) is 5.32 Å². The highest BCUT2D eigenvalue weighted by molar-refractivity contribution is 4.78. The molecule has 1 saturated carbocycles. The standard InChI is InChI=1S/C16H33NO/c1-5-17-15(11-12-16(2,3)18-4)13-14-9-7-6-8-10-14/h14-15,17H,5-13H2,1-4H3. The van der Waals surface area contributed by atoms with E-state index in [0.717, 1.165) is 18.9 Å². The third-order valence-corrected chi connectivity index (χ3v) is 4.48. The Kier molecular flexibility index (Phi) is 7.25. The average Bonchev–Trinajstić information content (AvgIpc) is 2.38. The molecule has 1 N–H and O–H groups in total. The molecule has 0 spiro atoms. The van der Waals surface area contributed by atoms with E-state index in [9.17, 15) is 0 Å². The summed E-state index contributed by atoms with van der Waals surface area (Å²) in [5, 5.41) is 3.67. The third kappa shape index (κ3) is 6.19. The van der Waals surface area contributed by atoms with Crippen molar-refractivity contribution in [3.63, 3.8) is 0 Å². The first-order valence-corrected chi connectivity index (χ1v) is 7.86. The van der Waals surface area contributed by atoms with E-state index in [-0.39, 0.29) is 5.60 Å². The molecule has 108 valence electrons. The van der Waals surface area contributed by atoms with Crippen LogP contribution in [-0.2, 0) is 4.74 Å². The van der Waals surface area contributed by atoms with Crippen molar-refractivity contribution in [1.29, 1.82) is 0 Å². The summed E-state index contributed by atoms with van der Waals surface area (Å²) in [7, 11) is 1.82. The van der Waals surface area contributed by atoms with E-state index in [1.54, 1.807) is 0 Å². The van der Waals surface area contributed by atoms with Crippen LogP contribution in [0, 0.1) is 5.92 Å². The number of hydrogen-bond acceptors (Lipinski definition) is 2. The van der Waals surface area contributed by atoms with Crippen molar-refractivity contribution in [3.05, 3.63) is 0 Å². The first-order chi connectivity index (χ1) is 8.57. The molecule has 0 bridgehead atoms. The lowest BCUT2D eigenvalue weighted by Gasteiger charge is -2.30. The molecule has 18 heavy (non-hydrogen) atoms. The van der Waals surface area contributed by atoms with Gasteiger partial charge in [0, 0.05) is 13.2 Å². The van der Waals surface area contributed by atoms with Gasteiger partial charge in [-0.2, -0.15) is 0 Å². The van der Waals surface area contributed by atoms with Crippen molar-refractivity contribution in [2.45, 2.75) is 83.8 Å². The van der Waals surface area contributed by atoms with Crippen LogP contribution in [-0.4, -0.2) is 25.3 Å². The van der Waals surface area contributed by atoms with E-state index in [4.69, 9.17) is 4.74 Å². The van der Waals surface area contributed by atoms with Crippen LogP contribution < -0.4 is 5.32 Å². The fourth-order valence-electron chi connectivity index (χ4n) is 3.04. The Morgan fingerprint density at radius 1 is 1.22 bits per heavy atom. The molecular weight excluding hydrogens is 222 g/mol. The van der Waals surface area contributed by atoms with Crippen molar-refractivity contribution in [2.24, 2.45) is 5.92 Å². The summed E-state index contributed by atoms with van der Waals surface area (Å²) in [6, 6.07) is 0.688. The Hall–Kier alpha value is -0.0800. The summed E-state index contributed by atoms with van der Waals surface area (Å²) in [4.78, 5) is 0. The van der Waals surface area contributed by atoms with Gasteiger partial charge in [0.05, 0.1) is 5.60 Å². The summed E-state index contributed by atoms with van der Waals surface area (Å²) in [6.07, 6.45) is 11.0. The van der Waals surface area contributed by atoms with Crippen LogP contribution in [0.2, 0.25) is 0 Å². The van der Waals surface area contributed by atoms with Gasteiger partial charge in [0.15, 0.2) is 0 Å². The highest BCUT2D eigenvalue weighted by Crippen LogP contribution is 2.29. The van der Waals surface area contributed by atoms with E-state index in [1.165, 1.54) is 44.9 Å². The summed E-state index contributed by atoms with van der Waals surface area (Å²) in [5.74, 6) is 0.966. The number of methoxy groups -OCH3 is 1. The summed E-state index contributed by atoms with van der Waals surface area (Å²) in [5.41, 5.74) is 0.0280. The predicted octanol–water partition coefficient (Wildman–Crippen LogP) is 4.14. The Labute approximate surface area is 114 Å². The van der Waals surface area contributed by atoms with Gasteiger partial charge < -0.3 is 10.1 Å². The molecule has 0 aromatic rings. The van der Waals surface area contributed by atoms with Gasteiger partial charge >= 0.3 is 0 Å². The normalized spacial score (nSPS) is 20.0. The van der Waals surface area contributed by atoms with Crippen molar-refractivity contribution < 1.29 is 4.74 Å². The lowest BCUT2D eigenvalue weighted by atomic mass is 9.83. The first kappa shape index (κ1) is 16.0. The molecule has 2 nitrogen and oxygen atoms in total. The third-order valence-electron chi connectivity index (χ3n) is 4.48. The quantitative estimate of drug-likeness (QED) is 0.704. The fraction of sp³-hybridized carbons (Fsp3) is 1.00. The van der Waals surface area contributed by atoms with Crippen molar-refractivity contribution in [3.8, 4) is 0 Å². The maximum absolute atomic E-state index is 5.53. The maximum atomic E-state index is 5.53. The van der Waals surface area contributed by atoms with Crippen molar-refractivity contribution in [2.75, 3.05) is 13.7 Å². The monoisotopic (exact) mass is 255 g/mol. The number of rotatable bonds is 8. The first-order valence-electron chi connectivity index (χ1n) is 7.86. The summed E-state index contributed by atoms with van der Waals surface area (Å²) >= 11 is 0. The van der Waals surface area contributed by atoms with E-state index < -0.39 is 0 Å². The molecule has 0 aliphatic heterocycles. The molecule has 1 rings (SSSR count). The number of nitrogens with one attached hydrogen (secondary N) is 1. The zero-order chi connectivity index (χ0) is 13.4. The molecule has 0 heterocycles. The largest absolute Gasteiger partial charge is 0.379 e. The summed E-state index contributed by atoms with van der Waals surface area (Å²) in [6.45, 7) is 7.69. The van der Waals surface area contributed by atoms with Gasteiger partial charge in [0.1, 0.15) is 0 Å². The number of ether oxygens (including phenoxy) is 1. The Bertz CT molecular complexity index is 209. The molecular formula is C16H33NO. The fourth-order valence-corrected chi connectivity index (χ4v) is 3.04. The lowest BCUT2D eigenvalue weighted by Crippen LogP contribution is -2.34. The van der Waals surface area contributed by atoms with E-state index in [1.807, 2.05) is 7.11 Å². The smallest absolute Gasteiger partial charge is 0.0623 e. The molecule has 0 amide bonds. The second-order valence-electron chi connectivity index (χ2n) is 6.50. The van der Waals surface area contributed by atoms with Gasteiger partial charge in [-0.1, -0.05) is 39.0 Å². The summed E-state index contributed by atoms with van der Waals surface area (Å²) < 4.78 is 5.53. The predicted molar refractivity (Wildman–Crippen MR) is 79.0 cm³/mol. The minimum absolute atomic E-state index is 0.0280. The molecule has 1 aliphatic rings. The van der Waals surface area contributed by atoms with Gasteiger partial charge in [0.2, 0.25) is 0 Å². The van der Waals surface area contributed by atoms with Crippen LogP contribution in [0.1, 0.15) is 72.1 Å². The second-order valence-corrected chi connectivity index (χ2v) is 6.50. The van der Waals surface area contributed by atoms with Gasteiger partial charge in [-0.15, -0.1) is 0 Å². The van der Waals surface area contributed by atoms with Crippen LogP contribution in [0.4, 0.5) is 0 Å². The van der Waals surface area contributed by atoms with E-state index in [2.05, 4.69) is 26.1 Å². The molecule has 1 unspecified atom stereocenters. The van der Waals surface area contributed by atoms with Crippen LogP contribution in [0.15, 0.2) is 0 Å². The molecule has 2 heteroatoms. The zero-order valence-corrected chi connectivity index (χ0v) is 12.9. The Balaban J connectivity index is 2.33. The van der Waals surface area contributed by atoms with Crippen LogP contribution in [0.5, 0.6) is 0 Å². The van der Waals surface area contributed by atoms with E-state index in [0.29, 0.717) is 6.04 Å². The van der Waals surface area contributed by atoms with Crippen LogP contribution in [0.3, 0.4) is 0 Å². The van der Waals surface area contributed by atoms with Crippen LogP contribution in [0.25, 0.3) is 0 Å². The SMILES string of the molecule is CCNC(CCC(C)(C)OC)CC1CCCCC1. The molecule has 0 aromatic carbocycles. The topological polar surface area (TPSA) is 21.3 Å². The molecule has 1 atom stereocenters. The Morgan fingerprint density at radius 2 is 1.89 bits per heavy atom. The van der Waals surface area contributed by atoms with Gasteiger partial charge in [-0.25, -0.2) is 0 Å². The number of hydrogen-bond donors (Lipinski definition) is 1. The minimum atomic E-state index is 0.0280. The van der Waals surface area contributed by atoms with Gasteiger partial charge in [-0.3, -0.25) is 0 Å². The molecule has 0 radical (unpaired) electrons. The Morgan fingerprint density at radius 3 is 2.44 bits per heavy atom. The van der Waals surface area contributed by atoms with Crippen LogP contribution >= 0.6 is 0 Å². The second kappa shape index (κ2) is 8.16. The molecule has 1 fully saturated rings. The highest BCUT2D eigenvalue weighted by atomic mass is 16.5. The lowest BCUT2D eigenvalue weighted by molar-refractivity contribution is 0.0110. The maximum Gasteiger partial charge on any atom is 0.0623 e. The highest BCUT2D eigenvalue weighted by Gasteiger charge is 2.22.